The van der Waals surface area contributed by atoms with Crippen LogP contribution in [0, 0.1) is 5.82 Å². The van der Waals surface area contributed by atoms with E-state index in [9.17, 15) is 14.0 Å². The highest BCUT2D eigenvalue weighted by molar-refractivity contribution is 7.07. The zero-order valence-corrected chi connectivity index (χ0v) is 17.3. The zero-order chi connectivity index (χ0) is 21.3. The van der Waals surface area contributed by atoms with Crippen molar-refractivity contribution in [3.8, 4) is 0 Å². The molecule has 1 aromatic heterocycles. The maximum absolute atomic E-state index is 14.1. The number of rotatable bonds is 4. The van der Waals surface area contributed by atoms with E-state index >= 15 is 0 Å². The van der Waals surface area contributed by atoms with Gasteiger partial charge >= 0.3 is 5.97 Å². The number of esters is 1. The molecular formula is C23H19FN2O3S. The third-order valence-electron chi connectivity index (χ3n) is 4.82. The Bertz CT molecular complexity index is 1320. The van der Waals surface area contributed by atoms with E-state index in [2.05, 4.69) is 4.99 Å². The second kappa shape index (κ2) is 8.20. The second-order valence-electron chi connectivity index (χ2n) is 6.73. The predicted molar refractivity (Wildman–Crippen MR) is 113 cm³/mol. The standard InChI is InChI=1S/C23H19FN2O3S/c1-3-29-22(28)19-14(2)25-23-26(20(19)15-9-5-4-6-10-15)21(27)18(30-23)13-16-11-7-8-12-17(16)24/h4-13,20H,3H2,1-2H3/b18-13-/t20-/m0/s1. The molecule has 1 aliphatic rings. The van der Waals surface area contributed by atoms with Gasteiger partial charge in [-0.2, -0.15) is 0 Å². The quantitative estimate of drug-likeness (QED) is 0.608. The molecule has 152 valence electrons. The minimum atomic E-state index is -0.663. The van der Waals surface area contributed by atoms with Gasteiger partial charge in [-0.3, -0.25) is 9.36 Å². The molecule has 1 aliphatic heterocycles. The summed E-state index contributed by atoms with van der Waals surface area (Å²) < 4.78 is 21.2. The van der Waals surface area contributed by atoms with Gasteiger partial charge in [0.05, 0.1) is 28.5 Å². The van der Waals surface area contributed by atoms with E-state index < -0.39 is 17.8 Å². The molecule has 0 amide bonds. The Labute approximate surface area is 176 Å². The van der Waals surface area contributed by atoms with Gasteiger partial charge in [-0.15, -0.1) is 0 Å². The minimum Gasteiger partial charge on any atom is -0.463 e. The molecule has 1 atom stereocenters. The largest absolute Gasteiger partial charge is 0.463 e. The van der Waals surface area contributed by atoms with Crippen LogP contribution in [0.5, 0.6) is 0 Å². The Morgan fingerprint density at radius 1 is 1.20 bits per heavy atom. The average molecular weight is 422 g/mol. The fourth-order valence-corrected chi connectivity index (χ4v) is 4.51. The Hall–Kier alpha value is -3.32. The molecule has 3 aromatic rings. The number of thiazole rings is 1. The Morgan fingerprint density at radius 3 is 2.60 bits per heavy atom. The molecule has 2 heterocycles. The van der Waals surface area contributed by atoms with Crippen LogP contribution in [0.4, 0.5) is 4.39 Å². The van der Waals surface area contributed by atoms with E-state index in [0.29, 0.717) is 26.2 Å². The summed E-state index contributed by atoms with van der Waals surface area (Å²) in [6.45, 7) is 3.68. The van der Waals surface area contributed by atoms with E-state index in [1.807, 2.05) is 30.3 Å². The van der Waals surface area contributed by atoms with E-state index in [1.54, 1.807) is 32.0 Å². The third-order valence-corrected chi connectivity index (χ3v) is 5.81. The highest BCUT2D eigenvalue weighted by Crippen LogP contribution is 2.30. The first-order valence-corrected chi connectivity index (χ1v) is 10.3. The number of aromatic nitrogens is 1. The maximum Gasteiger partial charge on any atom is 0.338 e. The number of benzene rings is 2. The number of ether oxygens (including phenoxy) is 1. The van der Waals surface area contributed by atoms with Gasteiger partial charge in [-0.1, -0.05) is 59.9 Å². The maximum atomic E-state index is 14.1. The topological polar surface area (TPSA) is 60.7 Å². The molecule has 0 unspecified atom stereocenters. The van der Waals surface area contributed by atoms with E-state index in [4.69, 9.17) is 4.74 Å². The fraction of sp³-hybridized carbons (Fsp3) is 0.174. The first kappa shape index (κ1) is 20.0. The number of carbonyl (C=O) groups is 1. The van der Waals surface area contributed by atoms with Crippen molar-refractivity contribution in [1.29, 1.82) is 0 Å². The molecule has 0 aliphatic carbocycles. The van der Waals surface area contributed by atoms with Crippen molar-refractivity contribution < 1.29 is 13.9 Å². The van der Waals surface area contributed by atoms with Crippen molar-refractivity contribution >= 4 is 23.4 Å². The van der Waals surface area contributed by atoms with Gasteiger partial charge in [0.15, 0.2) is 4.80 Å². The van der Waals surface area contributed by atoms with Gasteiger partial charge in [0.2, 0.25) is 0 Å². The summed E-state index contributed by atoms with van der Waals surface area (Å²) in [6.07, 6.45) is 1.52. The normalized spacial score (nSPS) is 16.2. The number of hydrogen-bond acceptors (Lipinski definition) is 5. The summed E-state index contributed by atoms with van der Waals surface area (Å²) >= 11 is 1.17. The third kappa shape index (κ3) is 3.52. The Kier molecular flexibility index (Phi) is 5.46. The van der Waals surface area contributed by atoms with Crippen molar-refractivity contribution in [3.63, 3.8) is 0 Å². The van der Waals surface area contributed by atoms with Gasteiger partial charge in [-0.25, -0.2) is 14.2 Å². The molecule has 0 radical (unpaired) electrons. The molecule has 0 saturated carbocycles. The molecule has 4 rings (SSSR count). The molecule has 30 heavy (non-hydrogen) atoms. The van der Waals surface area contributed by atoms with Crippen LogP contribution in [0.15, 0.2) is 75.7 Å². The van der Waals surface area contributed by atoms with Crippen LogP contribution in [-0.2, 0) is 9.53 Å². The second-order valence-corrected chi connectivity index (χ2v) is 7.74. The summed E-state index contributed by atoms with van der Waals surface area (Å²) in [5.74, 6) is -0.915. The molecule has 0 fully saturated rings. The Morgan fingerprint density at radius 2 is 1.90 bits per heavy atom. The summed E-state index contributed by atoms with van der Waals surface area (Å²) in [4.78, 5) is 31.0. The van der Waals surface area contributed by atoms with Crippen LogP contribution < -0.4 is 14.9 Å². The number of nitrogens with zero attached hydrogens (tertiary/aromatic N) is 2. The van der Waals surface area contributed by atoms with E-state index in [1.165, 1.54) is 28.0 Å². The lowest BCUT2D eigenvalue weighted by molar-refractivity contribution is -0.139. The van der Waals surface area contributed by atoms with Crippen molar-refractivity contribution in [2.75, 3.05) is 6.61 Å². The average Bonchev–Trinajstić information content (AvgIpc) is 3.04. The number of carbonyl (C=O) groups excluding carboxylic acids is 1. The smallest absolute Gasteiger partial charge is 0.338 e. The van der Waals surface area contributed by atoms with Crippen LogP contribution in [-0.4, -0.2) is 17.1 Å². The van der Waals surface area contributed by atoms with Gasteiger partial charge in [-0.05, 0) is 31.6 Å². The van der Waals surface area contributed by atoms with Gasteiger partial charge in [0.25, 0.3) is 5.56 Å². The lowest BCUT2D eigenvalue weighted by Gasteiger charge is -2.24. The summed E-state index contributed by atoms with van der Waals surface area (Å²) in [6, 6.07) is 14.9. The lowest BCUT2D eigenvalue weighted by atomic mass is 9.96. The number of fused-ring (bicyclic) bond motifs is 1. The van der Waals surface area contributed by atoms with Crippen LogP contribution in [0.3, 0.4) is 0 Å². The van der Waals surface area contributed by atoms with Crippen molar-refractivity contribution in [3.05, 3.63) is 102 Å². The SMILES string of the molecule is CCOC(=O)C1=C(C)N=c2s/c(=C\c3ccccc3F)c(=O)n2[C@H]1c1ccccc1. The van der Waals surface area contributed by atoms with Crippen molar-refractivity contribution in [2.45, 2.75) is 19.9 Å². The van der Waals surface area contributed by atoms with Gasteiger partial charge < -0.3 is 4.74 Å². The van der Waals surface area contributed by atoms with Crippen LogP contribution in [0.25, 0.3) is 6.08 Å². The van der Waals surface area contributed by atoms with E-state index in [0.717, 1.165) is 5.56 Å². The van der Waals surface area contributed by atoms with Crippen LogP contribution >= 0.6 is 11.3 Å². The molecule has 7 heteroatoms. The highest BCUT2D eigenvalue weighted by Gasteiger charge is 2.33. The van der Waals surface area contributed by atoms with Crippen molar-refractivity contribution in [1.82, 2.24) is 4.57 Å². The highest BCUT2D eigenvalue weighted by atomic mass is 32.1. The minimum absolute atomic E-state index is 0.217. The molecule has 5 nitrogen and oxygen atoms in total. The Balaban J connectivity index is 1.97. The van der Waals surface area contributed by atoms with Gasteiger partial charge in [0.1, 0.15) is 5.82 Å². The summed E-state index contributed by atoms with van der Waals surface area (Å²) in [5.41, 5.74) is 1.59. The molecule has 0 saturated heterocycles. The molecule has 0 spiro atoms. The first-order chi connectivity index (χ1) is 14.5. The van der Waals surface area contributed by atoms with Gasteiger partial charge in [0, 0.05) is 5.56 Å². The van der Waals surface area contributed by atoms with E-state index in [-0.39, 0.29) is 12.2 Å². The first-order valence-electron chi connectivity index (χ1n) is 9.50. The summed E-state index contributed by atoms with van der Waals surface area (Å²) in [5, 5.41) is 0. The predicted octanol–water partition coefficient (Wildman–Crippen LogP) is 2.94. The fourth-order valence-electron chi connectivity index (χ4n) is 3.48. The zero-order valence-electron chi connectivity index (χ0n) is 16.5. The molecule has 0 N–H and O–H groups in total. The number of halogens is 1. The number of allylic oxidation sites excluding steroid dienone is 1. The molecule has 2 aromatic carbocycles. The lowest BCUT2D eigenvalue weighted by Crippen LogP contribution is -2.39. The van der Waals surface area contributed by atoms with Crippen LogP contribution in [0.1, 0.15) is 31.0 Å². The summed E-state index contributed by atoms with van der Waals surface area (Å²) in [7, 11) is 0. The monoisotopic (exact) mass is 422 g/mol. The molecular weight excluding hydrogens is 403 g/mol. The van der Waals surface area contributed by atoms with Crippen LogP contribution in [0.2, 0.25) is 0 Å². The molecule has 0 bridgehead atoms. The number of hydrogen-bond donors (Lipinski definition) is 0. The van der Waals surface area contributed by atoms with Crippen molar-refractivity contribution in [2.24, 2.45) is 4.99 Å².